The Hall–Kier alpha value is -1.91. The Morgan fingerprint density at radius 3 is 2.67 bits per heavy atom. The Balaban J connectivity index is 2.03. The Morgan fingerprint density at radius 1 is 1.29 bits per heavy atom. The van der Waals surface area contributed by atoms with Gasteiger partial charge in [0, 0.05) is 17.2 Å². The van der Waals surface area contributed by atoms with Gasteiger partial charge in [0.1, 0.15) is 5.82 Å². The number of hydrogen-bond donors (Lipinski definition) is 0. The topological polar surface area (TPSA) is 54.6 Å². The van der Waals surface area contributed by atoms with Gasteiger partial charge in [0.05, 0.1) is 11.5 Å². The van der Waals surface area contributed by atoms with E-state index in [1.54, 1.807) is 6.20 Å². The third-order valence-corrected chi connectivity index (χ3v) is 5.52. The fourth-order valence-electron chi connectivity index (χ4n) is 2.26. The molecule has 0 atom stereocenters. The third-order valence-electron chi connectivity index (χ3n) is 3.28. The number of aromatic nitrogens is 1. The largest absolute Gasteiger partial charge is 0.265 e. The number of hydrogen-bond acceptors (Lipinski definition) is 3. The van der Waals surface area contributed by atoms with E-state index in [-0.39, 0.29) is 4.90 Å². The van der Waals surface area contributed by atoms with E-state index in [2.05, 4.69) is 25.8 Å². The molecule has 1 aliphatic heterocycles. The molecule has 0 unspecified atom stereocenters. The van der Waals surface area contributed by atoms with Gasteiger partial charge in [-0.1, -0.05) is 24.3 Å². The van der Waals surface area contributed by atoms with Crippen LogP contribution in [-0.2, 0) is 16.4 Å². The molecule has 1 aliphatic rings. The van der Waals surface area contributed by atoms with E-state index in [4.69, 9.17) is 6.57 Å². The Bertz CT molecular complexity index is 842. The van der Waals surface area contributed by atoms with Crippen molar-refractivity contribution in [3.8, 4) is 0 Å². The van der Waals surface area contributed by atoms with Crippen LogP contribution in [-0.4, -0.2) is 19.9 Å². The van der Waals surface area contributed by atoms with Crippen LogP contribution in [0.15, 0.2) is 45.9 Å². The number of benzene rings is 1. The van der Waals surface area contributed by atoms with E-state index in [1.807, 2.05) is 6.07 Å². The smallest absolute Gasteiger partial charge is 0.249 e. The zero-order chi connectivity index (χ0) is 15.0. The van der Waals surface area contributed by atoms with Gasteiger partial charge < -0.3 is 0 Å². The van der Waals surface area contributed by atoms with Gasteiger partial charge in [0.15, 0.2) is 5.69 Å². The molecule has 5 nitrogen and oxygen atoms in total. The maximum absolute atomic E-state index is 12.7. The van der Waals surface area contributed by atoms with Crippen molar-refractivity contribution in [3.63, 3.8) is 0 Å². The van der Waals surface area contributed by atoms with E-state index in [9.17, 15) is 8.42 Å². The SMILES string of the molecule is [C-]#[N+]c1ccc(S(=O)(=O)N2CCc3cc(Br)cnc32)cc1. The molecule has 0 saturated carbocycles. The summed E-state index contributed by atoms with van der Waals surface area (Å²) in [7, 11) is -3.64. The summed E-state index contributed by atoms with van der Waals surface area (Å²) in [5.74, 6) is 0.479. The molecule has 1 aromatic carbocycles. The maximum atomic E-state index is 12.7. The first-order valence-electron chi connectivity index (χ1n) is 6.17. The van der Waals surface area contributed by atoms with Crippen molar-refractivity contribution in [1.29, 1.82) is 0 Å². The van der Waals surface area contributed by atoms with E-state index >= 15 is 0 Å². The predicted octanol–water partition coefficient (Wildman–Crippen LogP) is 3.15. The van der Waals surface area contributed by atoms with Crippen LogP contribution in [0, 0.1) is 6.57 Å². The summed E-state index contributed by atoms with van der Waals surface area (Å²) in [5.41, 5.74) is 1.32. The second kappa shape index (κ2) is 5.13. The summed E-state index contributed by atoms with van der Waals surface area (Å²) in [6.07, 6.45) is 2.23. The highest BCUT2D eigenvalue weighted by Gasteiger charge is 2.32. The van der Waals surface area contributed by atoms with Crippen LogP contribution >= 0.6 is 15.9 Å². The highest BCUT2D eigenvalue weighted by atomic mass is 79.9. The molecule has 0 aliphatic carbocycles. The van der Waals surface area contributed by atoms with Gasteiger partial charge in [-0.3, -0.25) is 0 Å². The van der Waals surface area contributed by atoms with Gasteiger partial charge in [0.25, 0.3) is 10.0 Å². The summed E-state index contributed by atoms with van der Waals surface area (Å²) in [6, 6.07) is 7.82. The van der Waals surface area contributed by atoms with Crippen LogP contribution in [0.3, 0.4) is 0 Å². The normalized spacial score (nSPS) is 13.8. The summed E-state index contributed by atoms with van der Waals surface area (Å²) in [6.45, 7) is 7.29. The lowest BCUT2D eigenvalue weighted by Gasteiger charge is -2.18. The summed E-state index contributed by atoms with van der Waals surface area (Å²) in [5, 5.41) is 0. The molecule has 0 fully saturated rings. The Morgan fingerprint density at radius 2 is 2.00 bits per heavy atom. The predicted molar refractivity (Wildman–Crippen MR) is 82.9 cm³/mol. The van der Waals surface area contributed by atoms with E-state index < -0.39 is 10.0 Å². The first-order valence-corrected chi connectivity index (χ1v) is 8.40. The van der Waals surface area contributed by atoms with Crippen molar-refractivity contribution in [3.05, 3.63) is 58.0 Å². The molecular weight excluding hydrogens is 354 g/mol. The fourth-order valence-corrected chi connectivity index (χ4v) is 4.10. The molecule has 21 heavy (non-hydrogen) atoms. The molecule has 0 amide bonds. The number of fused-ring (bicyclic) bond motifs is 1. The minimum atomic E-state index is -3.64. The van der Waals surface area contributed by atoms with Crippen molar-refractivity contribution < 1.29 is 8.42 Å². The van der Waals surface area contributed by atoms with Crippen LogP contribution in [0.25, 0.3) is 4.85 Å². The molecule has 106 valence electrons. The van der Waals surface area contributed by atoms with E-state index in [0.717, 1.165) is 10.0 Å². The second-order valence-corrected chi connectivity index (χ2v) is 7.35. The number of sulfonamides is 1. The van der Waals surface area contributed by atoms with Crippen LogP contribution < -0.4 is 4.31 Å². The van der Waals surface area contributed by atoms with Gasteiger partial charge in [-0.15, -0.1) is 0 Å². The lowest BCUT2D eigenvalue weighted by molar-refractivity contribution is 0.592. The molecule has 0 spiro atoms. The number of anilines is 1. The van der Waals surface area contributed by atoms with Crippen molar-refractivity contribution in [2.75, 3.05) is 10.8 Å². The van der Waals surface area contributed by atoms with Crippen LogP contribution in [0.2, 0.25) is 0 Å². The molecular formula is C14H10BrN3O2S. The van der Waals surface area contributed by atoms with Gasteiger partial charge in [-0.05, 0) is 34.0 Å². The van der Waals surface area contributed by atoms with Gasteiger partial charge in [-0.2, -0.15) is 0 Å². The Kier molecular flexibility index (Phi) is 3.43. The quantitative estimate of drug-likeness (QED) is 0.770. The van der Waals surface area contributed by atoms with E-state index in [0.29, 0.717) is 24.5 Å². The van der Waals surface area contributed by atoms with Crippen molar-refractivity contribution in [2.24, 2.45) is 0 Å². The monoisotopic (exact) mass is 363 g/mol. The van der Waals surface area contributed by atoms with Crippen molar-refractivity contribution in [2.45, 2.75) is 11.3 Å². The molecule has 1 aromatic heterocycles. The van der Waals surface area contributed by atoms with Gasteiger partial charge in [-0.25, -0.2) is 22.6 Å². The molecule has 0 N–H and O–H groups in total. The molecule has 0 bridgehead atoms. The fraction of sp³-hybridized carbons (Fsp3) is 0.143. The number of nitrogens with zero attached hydrogens (tertiary/aromatic N) is 3. The summed E-state index contributed by atoms with van der Waals surface area (Å²) >= 11 is 3.34. The van der Waals surface area contributed by atoms with Gasteiger partial charge >= 0.3 is 0 Å². The first-order chi connectivity index (χ1) is 10.0. The zero-order valence-electron chi connectivity index (χ0n) is 10.8. The zero-order valence-corrected chi connectivity index (χ0v) is 13.2. The maximum Gasteiger partial charge on any atom is 0.265 e. The second-order valence-electron chi connectivity index (χ2n) is 4.57. The van der Waals surface area contributed by atoms with E-state index in [1.165, 1.54) is 28.6 Å². The molecule has 0 saturated heterocycles. The highest BCUT2D eigenvalue weighted by Crippen LogP contribution is 2.32. The standard InChI is InChI=1S/C14H10BrN3O2S/c1-16-12-2-4-13(5-3-12)21(19,20)18-7-6-10-8-11(15)9-17-14(10)18/h2-5,8-9H,6-7H2. The Labute approximate surface area is 131 Å². The number of pyridine rings is 1. The van der Waals surface area contributed by atoms with Crippen LogP contribution in [0.5, 0.6) is 0 Å². The third kappa shape index (κ3) is 2.41. The molecule has 7 heteroatoms. The molecule has 0 radical (unpaired) electrons. The van der Waals surface area contributed by atoms with Crippen LogP contribution in [0.1, 0.15) is 5.56 Å². The molecule has 3 rings (SSSR count). The highest BCUT2D eigenvalue weighted by molar-refractivity contribution is 9.10. The van der Waals surface area contributed by atoms with Crippen LogP contribution in [0.4, 0.5) is 11.5 Å². The minimum absolute atomic E-state index is 0.174. The summed E-state index contributed by atoms with van der Waals surface area (Å²) in [4.78, 5) is 7.65. The number of halogens is 1. The van der Waals surface area contributed by atoms with Crippen molar-refractivity contribution in [1.82, 2.24) is 4.98 Å². The first kappa shape index (κ1) is 14.0. The lowest BCUT2D eigenvalue weighted by atomic mass is 10.2. The minimum Gasteiger partial charge on any atom is -0.249 e. The van der Waals surface area contributed by atoms with Gasteiger partial charge in [0.2, 0.25) is 0 Å². The average Bonchev–Trinajstić information content (AvgIpc) is 2.91. The number of rotatable bonds is 2. The lowest BCUT2D eigenvalue weighted by Crippen LogP contribution is -2.29. The molecule has 2 heterocycles. The molecule has 2 aromatic rings. The average molecular weight is 364 g/mol. The van der Waals surface area contributed by atoms with Crippen molar-refractivity contribution >= 4 is 37.5 Å². The summed E-state index contributed by atoms with van der Waals surface area (Å²) < 4.78 is 27.5.